The molecule has 6 heteroatoms. The quantitative estimate of drug-likeness (QED) is 0.878. The van der Waals surface area contributed by atoms with Crippen molar-refractivity contribution in [2.75, 3.05) is 5.75 Å². The summed E-state index contributed by atoms with van der Waals surface area (Å²) in [4.78, 5) is 0. The molecule has 17 heavy (non-hydrogen) atoms. The number of sulfone groups is 1. The van der Waals surface area contributed by atoms with Gasteiger partial charge < -0.3 is 5.73 Å². The van der Waals surface area contributed by atoms with Crippen molar-refractivity contribution in [2.24, 2.45) is 5.73 Å². The minimum atomic E-state index is -3.52. The van der Waals surface area contributed by atoms with Crippen molar-refractivity contribution in [2.45, 2.75) is 25.1 Å². The molecule has 1 aromatic rings. The molecule has 96 valence electrons. The van der Waals surface area contributed by atoms with E-state index in [0.717, 1.165) is 18.2 Å². The van der Waals surface area contributed by atoms with Crippen LogP contribution in [0.2, 0.25) is 0 Å². The van der Waals surface area contributed by atoms with Gasteiger partial charge in [-0.25, -0.2) is 17.2 Å². The summed E-state index contributed by atoms with van der Waals surface area (Å²) in [6.07, 6.45) is 0.519. The van der Waals surface area contributed by atoms with Gasteiger partial charge in [-0.15, -0.1) is 0 Å². The highest BCUT2D eigenvalue weighted by Gasteiger charge is 2.18. The van der Waals surface area contributed by atoms with Crippen molar-refractivity contribution in [3.05, 3.63) is 35.4 Å². The Morgan fingerprint density at radius 2 is 2.00 bits per heavy atom. The predicted octanol–water partition coefficient (Wildman–Crippen LogP) is 1.62. The lowest BCUT2D eigenvalue weighted by Gasteiger charge is -2.10. The average Bonchev–Trinajstić information content (AvgIpc) is 2.22. The molecule has 0 spiro atoms. The summed E-state index contributed by atoms with van der Waals surface area (Å²) in [5, 5.41) is 0. The fourth-order valence-corrected chi connectivity index (χ4v) is 3.09. The SMILES string of the molecule is CCC(N)CS(=O)(=O)Cc1cc(F)ccc1F. The Balaban J connectivity index is 2.86. The highest BCUT2D eigenvalue weighted by molar-refractivity contribution is 7.90. The topological polar surface area (TPSA) is 60.2 Å². The normalized spacial score (nSPS) is 13.6. The third-order valence-corrected chi connectivity index (χ3v) is 4.06. The monoisotopic (exact) mass is 263 g/mol. The van der Waals surface area contributed by atoms with E-state index in [2.05, 4.69) is 0 Å². The molecule has 1 atom stereocenters. The molecule has 0 bridgehead atoms. The van der Waals surface area contributed by atoms with Crippen molar-refractivity contribution in [1.29, 1.82) is 0 Å². The smallest absolute Gasteiger partial charge is 0.156 e. The van der Waals surface area contributed by atoms with E-state index in [4.69, 9.17) is 5.73 Å². The van der Waals surface area contributed by atoms with Crippen molar-refractivity contribution in [1.82, 2.24) is 0 Å². The first kappa shape index (κ1) is 14.1. The molecule has 0 aliphatic rings. The molecule has 0 saturated heterocycles. The van der Waals surface area contributed by atoms with E-state index in [1.807, 2.05) is 0 Å². The molecule has 0 aromatic heterocycles. The molecular weight excluding hydrogens is 248 g/mol. The summed E-state index contributed by atoms with van der Waals surface area (Å²) in [5.74, 6) is -2.12. The zero-order valence-electron chi connectivity index (χ0n) is 9.49. The second-order valence-electron chi connectivity index (χ2n) is 3.96. The van der Waals surface area contributed by atoms with E-state index >= 15 is 0 Å². The molecule has 1 aromatic carbocycles. The molecule has 0 saturated carbocycles. The first-order valence-electron chi connectivity index (χ1n) is 5.24. The maximum absolute atomic E-state index is 13.3. The van der Waals surface area contributed by atoms with E-state index in [1.165, 1.54) is 0 Å². The van der Waals surface area contributed by atoms with Gasteiger partial charge in [-0.2, -0.15) is 0 Å². The van der Waals surface area contributed by atoms with Gasteiger partial charge in [0.25, 0.3) is 0 Å². The third kappa shape index (κ3) is 4.40. The van der Waals surface area contributed by atoms with Gasteiger partial charge in [0.1, 0.15) is 11.6 Å². The van der Waals surface area contributed by atoms with E-state index in [0.29, 0.717) is 6.42 Å². The molecule has 0 heterocycles. The highest BCUT2D eigenvalue weighted by Crippen LogP contribution is 2.14. The van der Waals surface area contributed by atoms with Crippen LogP contribution < -0.4 is 5.73 Å². The number of hydrogen-bond acceptors (Lipinski definition) is 3. The number of rotatable bonds is 5. The van der Waals surface area contributed by atoms with Crippen molar-refractivity contribution in [3.63, 3.8) is 0 Å². The third-order valence-electron chi connectivity index (χ3n) is 2.38. The second-order valence-corrected chi connectivity index (χ2v) is 6.07. The zero-order chi connectivity index (χ0) is 13.1. The van der Waals surface area contributed by atoms with Crippen LogP contribution in [-0.2, 0) is 15.6 Å². The van der Waals surface area contributed by atoms with Crippen LogP contribution in [0, 0.1) is 11.6 Å². The predicted molar refractivity (Wildman–Crippen MR) is 62.1 cm³/mol. The summed E-state index contributed by atoms with van der Waals surface area (Å²) in [5.41, 5.74) is 5.37. The Hall–Kier alpha value is -1.01. The Morgan fingerprint density at radius 1 is 1.35 bits per heavy atom. The van der Waals surface area contributed by atoms with Crippen molar-refractivity contribution >= 4 is 9.84 Å². The van der Waals surface area contributed by atoms with Gasteiger partial charge in [-0.3, -0.25) is 0 Å². The molecule has 0 radical (unpaired) electrons. The molecule has 3 nitrogen and oxygen atoms in total. The second kappa shape index (κ2) is 5.55. The molecule has 1 rings (SSSR count). The summed E-state index contributed by atoms with van der Waals surface area (Å²) in [6, 6.07) is 2.28. The van der Waals surface area contributed by atoms with E-state index in [-0.39, 0.29) is 11.3 Å². The average molecular weight is 263 g/mol. The van der Waals surface area contributed by atoms with Crippen LogP contribution in [-0.4, -0.2) is 20.2 Å². The Labute approximate surface area is 99.6 Å². The Kier molecular flexibility index (Phi) is 4.59. The fraction of sp³-hybridized carbons (Fsp3) is 0.455. The molecule has 0 amide bonds. The maximum Gasteiger partial charge on any atom is 0.156 e. The van der Waals surface area contributed by atoms with Crippen LogP contribution in [0.25, 0.3) is 0 Å². The maximum atomic E-state index is 13.3. The van der Waals surface area contributed by atoms with Gasteiger partial charge >= 0.3 is 0 Å². The minimum absolute atomic E-state index is 0.159. The van der Waals surface area contributed by atoms with Crippen LogP contribution in [0.15, 0.2) is 18.2 Å². The standard InChI is InChI=1S/C11H15F2NO2S/c1-2-10(14)7-17(15,16)6-8-5-9(12)3-4-11(8)13/h3-5,10H,2,6-7,14H2,1H3. The van der Waals surface area contributed by atoms with Crippen molar-refractivity contribution < 1.29 is 17.2 Å². The van der Waals surface area contributed by atoms with Gasteiger partial charge in [-0.1, -0.05) is 6.92 Å². The van der Waals surface area contributed by atoms with Gasteiger partial charge in [0.2, 0.25) is 0 Å². The number of nitrogens with two attached hydrogens (primary N) is 1. The summed E-state index contributed by atoms with van der Waals surface area (Å²) >= 11 is 0. The summed E-state index contributed by atoms with van der Waals surface area (Å²) < 4.78 is 49.4. The molecule has 1 unspecified atom stereocenters. The molecule has 0 aliphatic heterocycles. The van der Waals surface area contributed by atoms with Crippen LogP contribution in [0.1, 0.15) is 18.9 Å². The Morgan fingerprint density at radius 3 is 2.59 bits per heavy atom. The van der Waals surface area contributed by atoms with Crippen LogP contribution in [0.5, 0.6) is 0 Å². The zero-order valence-corrected chi connectivity index (χ0v) is 10.3. The van der Waals surface area contributed by atoms with E-state index < -0.39 is 33.3 Å². The first-order valence-corrected chi connectivity index (χ1v) is 7.06. The lowest BCUT2D eigenvalue weighted by atomic mass is 10.2. The number of halogens is 2. The Bertz CT molecular complexity index is 488. The molecule has 0 aliphatic carbocycles. The van der Waals surface area contributed by atoms with Crippen molar-refractivity contribution in [3.8, 4) is 0 Å². The number of hydrogen-bond donors (Lipinski definition) is 1. The molecule has 2 N–H and O–H groups in total. The summed E-state index contributed by atoms with van der Waals surface area (Å²) in [7, 11) is -3.52. The lowest BCUT2D eigenvalue weighted by molar-refractivity contribution is 0.572. The minimum Gasteiger partial charge on any atom is -0.327 e. The first-order chi connectivity index (χ1) is 7.84. The van der Waals surface area contributed by atoms with E-state index in [9.17, 15) is 17.2 Å². The lowest BCUT2D eigenvalue weighted by Crippen LogP contribution is -2.29. The van der Waals surface area contributed by atoms with Crippen LogP contribution >= 0.6 is 0 Å². The van der Waals surface area contributed by atoms with Gasteiger partial charge in [0.05, 0.1) is 11.5 Å². The van der Waals surface area contributed by atoms with Crippen LogP contribution in [0.4, 0.5) is 8.78 Å². The van der Waals surface area contributed by atoms with Gasteiger partial charge in [-0.05, 0) is 24.6 Å². The highest BCUT2D eigenvalue weighted by atomic mass is 32.2. The van der Waals surface area contributed by atoms with Gasteiger partial charge in [0, 0.05) is 11.6 Å². The molecule has 0 fully saturated rings. The number of benzene rings is 1. The van der Waals surface area contributed by atoms with Gasteiger partial charge in [0.15, 0.2) is 9.84 Å². The fourth-order valence-electron chi connectivity index (χ4n) is 1.39. The molecular formula is C11H15F2NO2S. The van der Waals surface area contributed by atoms with E-state index in [1.54, 1.807) is 6.92 Å². The van der Waals surface area contributed by atoms with Crippen LogP contribution in [0.3, 0.4) is 0 Å². The largest absolute Gasteiger partial charge is 0.327 e. The summed E-state index contributed by atoms with van der Waals surface area (Å²) in [6.45, 7) is 1.77.